The summed E-state index contributed by atoms with van der Waals surface area (Å²) in [5.41, 5.74) is 8.75. The third-order valence-electron chi connectivity index (χ3n) is 8.90. The molecule has 1 unspecified atom stereocenters. The molecule has 1 aliphatic carbocycles. The molecular weight excluding hydrogens is 531 g/mol. The molecule has 2 aromatic heterocycles. The summed E-state index contributed by atoms with van der Waals surface area (Å²) < 4.78 is 27.4. The number of aryl methyl sites for hydroxylation is 1. The molecule has 11 heteroatoms. The van der Waals surface area contributed by atoms with Crippen molar-refractivity contribution in [3.05, 3.63) is 61.7 Å². The monoisotopic (exact) mass is 564 g/mol. The maximum Gasteiger partial charge on any atom is 0.343 e. The highest BCUT2D eigenvalue weighted by molar-refractivity contribution is 5.93. The number of pyridine rings is 2. The van der Waals surface area contributed by atoms with Gasteiger partial charge in [-0.2, -0.15) is 0 Å². The number of amides is 1. The number of aromatic nitrogens is 2. The van der Waals surface area contributed by atoms with E-state index in [1.54, 1.807) is 24.5 Å². The Morgan fingerprint density at radius 1 is 1.32 bits per heavy atom. The molecule has 1 aromatic carbocycles. The van der Waals surface area contributed by atoms with Crippen LogP contribution in [0.2, 0.25) is 0 Å². The largest absolute Gasteiger partial charge is 0.458 e. The summed E-state index contributed by atoms with van der Waals surface area (Å²) in [6.45, 7) is 4.00. The summed E-state index contributed by atoms with van der Waals surface area (Å²) in [6.07, 6.45) is 3.12. The van der Waals surface area contributed by atoms with E-state index in [9.17, 15) is 19.5 Å². The lowest BCUT2D eigenvalue weighted by Gasteiger charge is -2.31. The number of nitrogens with one attached hydrogen (secondary N) is 1. The molecule has 0 bridgehead atoms. The minimum atomic E-state index is -1.92. The van der Waals surface area contributed by atoms with Crippen LogP contribution in [0.5, 0.6) is 0 Å². The number of aliphatic hydroxyl groups is 1. The van der Waals surface area contributed by atoms with Crippen LogP contribution in [0.1, 0.15) is 71.9 Å². The predicted molar refractivity (Wildman–Crippen MR) is 148 cm³/mol. The lowest BCUT2D eigenvalue weighted by molar-refractivity contribution is -0.172. The predicted octanol–water partition coefficient (Wildman–Crippen LogP) is 2.39. The first-order valence-corrected chi connectivity index (χ1v) is 14.1. The average molecular weight is 565 g/mol. The zero-order valence-electron chi connectivity index (χ0n) is 23.1. The SMILES string of the molecule is CC[C@@]1(O)C(=O)OCc2c1cc1n(c2=O)Cc2c-1nc1cc(F)c(C)c3c1c2C(CCCOCNC(=O)CN)CC3. The molecule has 0 radical (unpaired) electrons. The van der Waals surface area contributed by atoms with Crippen molar-refractivity contribution in [2.45, 2.75) is 70.6 Å². The van der Waals surface area contributed by atoms with E-state index in [1.165, 1.54) is 6.07 Å². The van der Waals surface area contributed by atoms with Crippen LogP contribution in [0.15, 0.2) is 16.9 Å². The molecule has 2 atom stereocenters. The van der Waals surface area contributed by atoms with Gasteiger partial charge in [-0.15, -0.1) is 0 Å². The van der Waals surface area contributed by atoms with E-state index in [1.807, 2.05) is 0 Å². The standard InChI is InChI=1S/C30H33FN4O6/c1-3-30(39)20-9-23-27-18(12-35(23)28(37)19(20)13-41-29(30)38)25-16(5-4-8-40-14-33-24(36)11-32)6-7-17-15(2)21(31)10-22(34-27)26(17)25/h9-10,16,39H,3-8,11-14,32H2,1-2H3,(H,33,36)/t16?,30-/m0/s1. The number of carbonyl (C=O) groups excluding carboxylic acids is 2. The van der Waals surface area contributed by atoms with E-state index in [4.69, 9.17) is 20.2 Å². The van der Waals surface area contributed by atoms with Gasteiger partial charge in [0, 0.05) is 29.2 Å². The fourth-order valence-corrected chi connectivity index (χ4v) is 6.65. The van der Waals surface area contributed by atoms with Gasteiger partial charge in [-0.25, -0.2) is 14.2 Å². The topological polar surface area (TPSA) is 146 Å². The number of halogens is 1. The average Bonchev–Trinajstić information content (AvgIpc) is 3.34. The Morgan fingerprint density at radius 2 is 2.12 bits per heavy atom. The second-order valence-electron chi connectivity index (χ2n) is 11.0. The Labute approximate surface area is 235 Å². The van der Waals surface area contributed by atoms with Crippen molar-refractivity contribution in [2.75, 3.05) is 19.9 Å². The summed E-state index contributed by atoms with van der Waals surface area (Å²) in [5, 5.41) is 14.7. The normalized spacial score (nSPS) is 20.4. The Balaban J connectivity index is 1.43. The molecule has 216 valence electrons. The Bertz CT molecular complexity index is 1670. The summed E-state index contributed by atoms with van der Waals surface area (Å²) in [6, 6.07) is 3.15. The maximum absolute atomic E-state index is 15.0. The van der Waals surface area contributed by atoms with Crippen LogP contribution in [0.4, 0.5) is 4.39 Å². The summed E-state index contributed by atoms with van der Waals surface area (Å²) in [5.74, 6) is -1.24. The molecule has 4 N–H and O–H groups in total. The summed E-state index contributed by atoms with van der Waals surface area (Å²) in [7, 11) is 0. The van der Waals surface area contributed by atoms with Crippen LogP contribution in [0, 0.1) is 12.7 Å². The first kappa shape index (κ1) is 27.5. The zero-order valence-corrected chi connectivity index (χ0v) is 23.1. The number of benzene rings is 1. The zero-order chi connectivity index (χ0) is 29.1. The molecule has 0 fully saturated rings. The Morgan fingerprint density at radius 3 is 2.88 bits per heavy atom. The quantitative estimate of drug-likeness (QED) is 0.168. The number of esters is 1. The number of ether oxygens (including phenoxy) is 2. The third-order valence-corrected chi connectivity index (χ3v) is 8.90. The van der Waals surface area contributed by atoms with Crippen molar-refractivity contribution in [2.24, 2.45) is 5.73 Å². The van der Waals surface area contributed by atoms with Crippen LogP contribution in [0.25, 0.3) is 22.3 Å². The second kappa shape index (κ2) is 10.3. The molecule has 1 amide bonds. The van der Waals surface area contributed by atoms with E-state index < -0.39 is 11.6 Å². The van der Waals surface area contributed by atoms with Gasteiger partial charge in [0.15, 0.2) is 5.60 Å². The van der Waals surface area contributed by atoms with Crippen molar-refractivity contribution in [1.29, 1.82) is 0 Å². The molecule has 41 heavy (non-hydrogen) atoms. The van der Waals surface area contributed by atoms with Crippen molar-refractivity contribution in [3.63, 3.8) is 0 Å². The smallest absolute Gasteiger partial charge is 0.343 e. The number of nitrogens with two attached hydrogens (primary N) is 1. The second-order valence-corrected chi connectivity index (χ2v) is 11.0. The highest BCUT2D eigenvalue weighted by Crippen LogP contribution is 2.47. The molecule has 6 rings (SSSR count). The van der Waals surface area contributed by atoms with Crippen LogP contribution >= 0.6 is 0 Å². The molecule has 3 aliphatic rings. The van der Waals surface area contributed by atoms with Gasteiger partial charge in [0.05, 0.1) is 35.6 Å². The number of carbonyl (C=O) groups is 2. The molecule has 2 aliphatic heterocycles. The number of fused-ring (bicyclic) bond motifs is 5. The van der Waals surface area contributed by atoms with Crippen LogP contribution in [-0.4, -0.2) is 46.4 Å². The molecule has 0 spiro atoms. The fraction of sp³-hybridized carbons (Fsp3) is 0.467. The lowest BCUT2D eigenvalue weighted by atomic mass is 9.76. The number of hydrogen-bond acceptors (Lipinski definition) is 8. The number of hydrogen-bond donors (Lipinski definition) is 3. The van der Waals surface area contributed by atoms with Gasteiger partial charge >= 0.3 is 5.97 Å². The first-order valence-electron chi connectivity index (χ1n) is 14.1. The number of cyclic esters (lactones) is 1. The number of nitrogens with zero attached hydrogens (tertiary/aromatic N) is 2. The van der Waals surface area contributed by atoms with Crippen LogP contribution < -0.4 is 16.6 Å². The summed E-state index contributed by atoms with van der Waals surface area (Å²) in [4.78, 5) is 42.5. The molecular formula is C30H33FN4O6. The van der Waals surface area contributed by atoms with Gasteiger partial charge in [-0.3, -0.25) is 9.59 Å². The number of rotatable bonds is 8. The first-order chi connectivity index (χ1) is 19.7. The van der Waals surface area contributed by atoms with E-state index in [2.05, 4.69) is 5.32 Å². The van der Waals surface area contributed by atoms with E-state index in [-0.39, 0.29) is 60.6 Å². The van der Waals surface area contributed by atoms with Gasteiger partial charge < -0.3 is 30.2 Å². The highest BCUT2D eigenvalue weighted by atomic mass is 19.1. The maximum atomic E-state index is 15.0. The van der Waals surface area contributed by atoms with E-state index in [0.717, 1.165) is 47.8 Å². The molecule has 0 saturated carbocycles. The minimum Gasteiger partial charge on any atom is -0.458 e. The van der Waals surface area contributed by atoms with E-state index >= 15 is 4.39 Å². The minimum absolute atomic E-state index is 0.0544. The van der Waals surface area contributed by atoms with Crippen LogP contribution in [-0.2, 0) is 44.2 Å². The van der Waals surface area contributed by atoms with Crippen molar-refractivity contribution >= 4 is 22.8 Å². The van der Waals surface area contributed by atoms with Gasteiger partial charge in [0.1, 0.15) is 19.2 Å². The fourth-order valence-electron chi connectivity index (χ4n) is 6.65. The lowest BCUT2D eigenvalue weighted by Crippen LogP contribution is -2.44. The molecule has 10 nitrogen and oxygen atoms in total. The summed E-state index contributed by atoms with van der Waals surface area (Å²) >= 11 is 0. The molecule has 0 saturated heterocycles. The van der Waals surface area contributed by atoms with Crippen LogP contribution in [0.3, 0.4) is 0 Å². The third kappa shape index (κ3) is 4.25. The van der Waals surface area contributed by atoms with Crippen molar-refractivity contribution in [3.8, 4) is 11.4 Å². The highest BCUT2D eigenvalue weighted by Gasteiger charge is 2.45. The van der Waals surface area contributed by atoms with Gasteiger partial charge in [0.2, 0.25) is 5.91 Å². The Hall–Kier alpha value is -3.67. The van der Waals surface area contributed by atoms with Gasteiger partial charge in [-0.05, 0) is 67.7 Å². The van der Waals surface area contributed by atoms with Gasteiger partial charge in [0.25, 0.3) is 5.56 Å². The van der Waals surface area contributed by atoms with Crippen molar-refractivity contribution in [1.82, 2.24) is 14.9 Å². The molecule has 4 heterocycles. The molecule has 3 aromatic rings. The van der Waals surface area contributed by atoms with Gasteiger partial charge in [-0.1, -0.05) is 6.92 Å². The van der Waals surface area contributed by atoms with E-state index in [0.29, 0.717) is 35.6 Å². The Kier molecular flexibility index (Phi) is 6.91. The van der Waals surface area contributed by atoms with Crippen molar-refractivity contribution < 1.29 is 28.6 Å².